The highest BCUT2D eigenvalue weighted by Crippen LogP contribution is 2.32. The van der Waals surface area contributed by atoms with Crippen LogP contribution < -0.4 is 0 Å². The molecule has 1 fully saturated rings. The maximum absolute atomic E-state index is 5.46. The number of hydrogen-bond acceptors (Lipinski definition) is 2. The minimum absolute atomic E-state index is 0.753. The second kappa shape index (κ2) is 4.23. The molecule has 1 unspecified atom stereocenters. The van der Waals surface area contributed by atoms with Crippen molar-refractivity contribution in [3.05, 3.63) is 23.7 Å². The zero-order valence-electron chi connectivity index (χ0n) is 8.08. The van der Waals surface area contributed by atoms with Crippen molar-refractivity contribution in [1.29, 1.82) is 0 Å². The molecule has 0 amide bonds. The Labute approximate surface area is 83.9 Å². The van der Waals surface area contributed by atoms with E-state index in [4.69, 9.17) is 4.42 Å². The van der Waals surface area contributed by atoms with Crippen LogP contribution in [0.2, 0.25) is 0 Å². The maximum Gasteiger partial charge on any atom is 0.103 e. The Morgan fingerprint density at radius 1 is 1.62 bits per heavy atom. The summed E-state index contributed by atoms with van der Waals surface area (Å²) < 4.78 is 5.46. The summed E-state index contributed by atoms with van der Waals surface area (Å²) >= 11 is 2.07. The molecule has 1 aromatic rings. The largest absolute Gasteiger partial charge is 0.469 e. The van der Waals surface area contributed by atoms with Crippen molar-refractivity contribution < 1.29 is 4.42 Å². The van der Waals surface area contributed by atoms with Gasteiger partial charge in [-0.05, 0) is 36.1 Å². The van der Waals surface area contributed by atoms with Crippen molar-refractivity contribution >= 4 is 11.8 Å². The maximum atomic E-state index is 5.46. The van der Waals surface area contributed by atoms with E-state index in [0.29, 0.717) is 0 Å². The van der Waals surface area contributed by atoms with Gasteiger partial charge in [-0.3, -0.25) is 0 Å². The van der Waals surface area contributed by atoms with Gasteiger partial charge in [0.2, 0.25) is 0 Å². The first-order chi connectivity index (χ1) is 6.40. The van der Waals surface area contributed by atoms with E-state index in [9.17, 15) is 0 Å². The molecule has 1 nitrogen and oxygen atoms in total. The SMILES string of the molecule is CCc1cc(C2CCCSC2)co1. The Morgan fingerprint density at radius 2 is 2.54 bits per heavy atom. The first-order valence-electron chi connectivity index (χ1n) is 5.05. The summed E-state index contributed by atoms with van der Waals surface area (Å²) in [6, 6.07) is 2.23. The third-order valence-electron chi connectivity index (χ3n) is 2.65. The molecule has 0 spiro atoms. The Balaban J connectivity index is 2.05. The van der Waals surface area contributed by atoms with Crippen LogP contribution in [0.3, 0.4) is 0 Å². The molecule has 2 heteroatoms. The minimum atomic E-state index is 0.753. The van der Waals surface area contributed by atoms with Crippen LogP contribution in [-0.4, -0.2) is 11.5 Å². The van der Waals surface area contributed by atoms with E-state index in [1.54, 1.807) is 0 Å². The summed E-state index contributed by atoms with van der Waals surface area (Å²) in [6.07, 6.45) is 5.67. The second-order valence-corrected chi connectivity index (χ2v) is 4.76. The molecule has 2 rings (SSSR count). The fourth-order valence-corrected chi connectivity index (χ4v) is 2.98. The number of hydrogen-bond donors (Lipinski definition) is 0. The molecule has 13 heavy (non-hydrogen) atoms. The first-order valence-corrected chi connectivity index (χ1v) is 6.20. The van der Waals surface area contributed by atoms with E-state index in [1.165, 1.54) is 29.9 Å². The Bertz CT molecular complexity index is 261. The lowest BCUT2D eigenvalue weighted by atomic mass is 9.98. The molecule has 0 bridgehead atoms. The molecule has 1 aliphatic heterocycles. The molecule has 1 saturated heterocycles. The molecule has 1 aromatic heterocycles. The van der Waals surface area contributed by atoms with E-state index in [0.717, 1.165) is 18.1 Å². The molecule has 1 aliphatic rings. The van der Waals surface area contributed by atoms with E-state index < -0.39 is 0 Å². The topological polar surface area (TPSA) is 13.1 Å². The van der Waals surface area contributed by atoms with Gasteiger partial charge in [-0.2, -0.15) is 11.8 Å². The van der Waals surface area contributed by atoms with E-state index in [2.05, 4.69) is 24.8 Å². The standard InChI is InChI=1S/C11H16OS/c1-2-11-6-10(7-12-11)9-4-3-5-13-8-9/h6-7,9H,2-5,8H2,1H3. The van der Waals surface area contributed by atoms with Gasteiger partial charge < -0.3 is 4.42 Å². The molecule has 0 aliphatic carbocycles. The van der Waals surface area contributed by atoms with E-state index in [-0.39, 0.29) is 0 Å². The first kappa shape index (κ1) is 9.20. The zero-order chi connectivity index (χ0) is 9.10. The van der Waals surface area contributed by atoms with Crippen molar-refractivity contribution in [2.24, 2.45) is 0 Å². The Kier molecular flexibility index (Phi) is 2.99. The molecule has 2 heterocycles. The average molecular weight is 196 g/mol. The highest BCUT2D eigenvalue weighted by atomic mass is 32.2. The van der Waals surface area contributed by atoms with Gasteiger partial charge in [0.25, 0.3) is 0 Å². The molecule has 0 saturated carbocycles. The van der Waals surface area contributed by atoms with Gasteiger partial charge in [-0.1, -0.05) is 6.92 Å². The van der Waals surface area contributed by atoms with Crippen molar-refractivity contribution in [2.45, 2.75) is 32.1 Å². The van der Waals surface area contributed by atoms with Crippen LogP contribution in [0, 0.1) is 0 Å². The van der Waals surface area contributed by atoms with Crippen LogP contribution in [0.4, 0.5) is 0 Å². The van der Waals surface area contributed by atoms with Gasteiger partial charge in [0.05, 0.1) is 6.26 Å². The lowest BCUT2D eigenvalue weighted by molar-refractivity contribution is 0.510. The molecule has 0 aromatic carbocycles. The van der Waals surface area contributed by atoms with Gasteiger partial charge in [0.15, 0.2) is 0 Å². The highest BCUT2D eigenvalue weighted by molar-refractivity contribution is 7.99. The van der Waals surface area contributed by atoms with Crippen molar-refractivity contribution in [2.75, 3.05) is 11.5 Å². The van der Waals surface area contributed by atoms with Crippen LogP contribution in [0.1, 0.15) is 37.0 Å². The molecular weight excluding hydrogens is 180 g/mol. The van der Waals surface area contributed by atoms with Crippen molar-refractivity contribution in [1.82, 2.24) is 0 Å². The quantitative estimate of drug-likeness (QED) is 0.718. The minimum Gasteiger partial charge on any atom is -0.469 e. The third kappa shape index (κ3) is 2.11. The van der Waals surface area contributed by atoms with Gasteiger partial charge in [0, 0.05) is 12.2 Å². The number of aryl methyl sites for hydroxylation is 1. The lowest BCUT2D eigenvalue weighted by Gasteiger charge is -2.19. The Hall–Kier alpha value is -0.370. The number of furan rings is 1. The molecule has 0 N–H and O–H groups in total. The van der Waals surface area contributed by atoms with Gasteiger partial charge >= 0.3 is 0 Å². The summed E-state index contributed by atoms with van der Waals surface area (Å²) in [5.41, 5.74) is 1.42. The number of thioether (sulfide) groups is 1. The summed E-state index contributed by atoms with van der Waals surface area (Å²) in [5, 5.41) is 0. The fourth-order valence-electron chi connectivity index (χ4n) is 1.80. The smallest absolute Gasteiger partial charge is 0.103 e. The summed E-state index contributed by atoms with van der Waals surface area (Å²) in [4.78, 5) is 0. The van der Waals surface area contributed by atoms with Gasteiger partial charge in [0.1, 0.15) is 5.76 Å². The highest BCUT2D eigenvalue weighted by Gasteiger charge is 2.17. The average Bonchev–Trinajstić information content (AvgIpc) is 2.67. The zero-order valence-corrected chi connectivity index (χ0v) is 8.90. The summed E-state index contributed by atoms with van der Waals surface area (Å²) in [5.74, 6) is 4.51. The van der Waals surface area contributed by atoms with E-state index in [1.807, 2.05) is 6.26 Å². The lowest BCUT2D eigenvalue weighted by Crippen LogP contribution is -2.07. The molecule has 1 atom stereocenters. The predicted octanol–water partition coefficient (Wildman–Crippen LogP) is 3.45. The van der Waals surface area contributed by atoms with Gasteiger partial charge in [-0.15, -0.1) is 0 Å². The fraction of sp³-hybridized carbons (Fsp3) is 0.636. The third-order valence-corrected chi connectivity index (χ3v) is 3.87. The molecule has 0 radical (unpaired) electrons. The van der Waals surface area contributed by atoms with Crippen LogP contribution in [0.25, 0.3) is 0 Å². The summed E-state index contributed by atoms with van der Waals surface area (Å²) in [6.45, 7) is 2.14. The Morgan fingerprint density at radius 3 is 3.15 bits per heavy atom. The van der Waals surface area contributed by atoms with E-state index >= 15 is 0 Å². The van der Waals surface area contributed by atoms with Crippen molar-refractivity contribution in [3.8, 4) is 0 Å². The van der Waals surface area contributed by atoms with Crippen LogP contribution in [0.5, 0.6) is 0 Å². The van der Waals surface area contributed by atoms with Crippen LogP contribution in [-0.2, 0) is 6.42 Å². The van der Waals surface area contributed by atoms with Crippen LogP contribution >= 0.6 is 11.8 Å². The predicted molar refractivity (Wildman–Crippen MR) is 57.4 cm³/mol. The number of rotatable bonds is 2. The monoisotopic (exact) mass is 196 g/mol. The molecular formula is C11H16OS. The normalized spacial score (nSPS) is 23.3. The molecule has 72 valence electrons. The second-order valence-electron chi connectivity index (χ2n) is 3.61. The summed E-state index contributed by atoms with van der Waals surface area (Å²) in [7, 11) is 0. The van der Waals surface area contributed by atoms with Crippen LogP contribution in [0.15, 0.2) is 16.7 Å². The van der Waals surface area contributed by atoms with Gasteiger partial charge in [-0.25, -0.2) is 0 Å². The van der Waals surface area contributed by atoms with Crippen molar-refractivity contribution in [3.63, 3.8) is 0 Å².